The molecule has 2 nitrogen and oxygen atoms in total. The molecule has 2 unspecified atom stereocenters. The molecular formula is C12H22O2. The van der Waals surface area contributed by atoms with E-state index in [9.17, 15) is 4.79 Å². The maximum atomic E-state index is 10.3. The summed E-state index contributed by atoms with van der Waals surface area (Å²) in [6.45, 7) is 5.83. The van der Waals surface area contributed by atoms with Gasteiger partial charge in [-0.25, -0.2) is 0 Å². The molecule has 0 radical (unpaired) electrons. The van der Waals surface area contributed by atoms with E-state index in [-0.39, 0.29) is 6.10 Å². The van der Waals surface area contributed by atoms with Gasteiger partial charge in [0.05, 0.1) is 6.10 Å². The Balaban J connectivity index is 3.55. The molecule has 0 aliphatic rings. The van der Waals surface area contributed by atoms with Crippen LogP contribution in [0.1, 0.15) is 46.5 Å². The first-order chi connectivity index (χ1) is 6.56. The van der Waals surface area contributed by atoms with Crippen molar-refractivity contribution in [2.45, 2.75) is 52.6 Å². The van der Waals surface area contributed by atoms with Crippen LogP contribution in [-0.4, -0.2) is 17.5 Å². The summed E-state index contributed by atoms with van der Waals surface area (Å²) in [5.41, 5.74) is 0.812. The van der Waals surface area contributed by atoms with E-state index in [1.807, 2.05) is 19.9 Å². The van der Waals surface area contributed by atoms with Gasteiger partial charge in [0, 0.05) is 0 Å². The molecule has 0 fully saturated rings. The third-order valence-corrected chi connectivity index (χ3v) is 2.35. The van der Waals surface area contributed by atoms with Crippen LogP contribution in [0.2, 0.25) is 0 Å². The Kier molecular flexibility index (Phi) is 7.40. The van der Waals surface area contributed by atoms with E-state index in [4.69, 9.17) is 5.11 Å². The standard InChI is InChI=1S/C12H22O2/c1-10(5-4-6-12(3)14)7-8-11(2)9-13/h8-10,12,14H,4-7H2,1-3H3/b11-8+. The lowest BCUT2D eigenvalue weighted by molar-refractivity contribution is -0.104. The van der Waals surface area contributed by atoms with Crippen LogP contribution in [0.5, 0.6) is 0 Å². The van der Waals surface area contributed by atoms with Gasteiger partial charge in [-0.15, -0.1) is 0 Å². The number of hydrogen-bond acceptors (Lipinski definition) is 2. The Morgan fingerprint density at radius 2 is 2.00 bits per heavy atom. The fourth-order valence-electron chi connectivity index (χ4n) is 1.31. The molecule has 2 heteroatoms. The molecule has 0 saturated carbocycles. The minimum Gasteiger partial charge on any atom is -0.393 e. The van der Waals surface area contributed by atoms with Crippen molar-refractivity contribution in [1.82, 2.24) is 0 Å². The van der Waals surface area contributed by atoms with Gasteiger partial charge in [-0.05, 0) is 38.2 Å². The second-order valence-corrected chi connectivity index (χ2v) is 4.19. The highest BCUT2D eigenvalue weighted by atomic mass is 16.3. The van der Waals surface area contributed by atoms with E-state index in [0.717, 1.165) is 37.5 Å². The molecule has 0 aromatic carbocycles. The van der Waals surface area contributed by atoms with Gasteiger partial charge in [-0.2, -0.15) is 0 Å². The fraction of sp³-hybridized carbons (Fsp3) is 0.750. The topological polar surface area (TPSA) is 37.3 Å². The predicted octanol–water partition coefficient (Wildman–Crippen LogP) is 2.71. The molecule has 2 atom stereocenters. The fourth-order valence-corrected chi connectivity index (χ4v) is 1.31. The van der Waals surface area contributed by atoms with Crippen LogP contribution in [0, 0.1) is 5.92 Å². The van der Waals surface area contributed by atoms with Gasteiger partial charge in [0.25, 0.3) is 0 Å². The summed E-state index contributed by atoms with van der Waals surface area (Å²) < 4.78 is 0. The average molecular weight is 198 g/mol. The largest absolute Gasteiger partial charge is 0.393 e. The Bertz CT molecular complexity index is 183. The Hall–Kier alpha value is -0.630. The molecule has 0 saturated heterocycles. The molecular weight excluding hydrogens is 176 g/mol. The quantitative estimate of drug-likeness (QED) is 0.504. The van der Waals surface area contributed by atoms with Crippen molar-refractivity contribution in [3.05, 3.63) is 11.6 Å². The number of aliphatic hydroxyl groups excluding tert-OH is 1. The Morgan fingerprint density at radius 3 is 2.50 bits per heavy atom. The number of hydrogen-bond donors (Lipinski definition) is 1. The van der Waals surface area contributed by atoms with Gasteiger partial charge in [-0.1, -0.05) is 25.8 Å². The number of aliphatic hydroxyl groups is 1. The van der Waals surface area contributed by atoms with Crippen LogP contribution in [0.4, 0.5) is 0 Å². The van der Waals surface area contributed by atoms with Gasteiger partial charge in [0.15, 0.2) is 0 Å². The summed E-state index contributed by atoms with van der Waals surface area (Å²) in [5.74, 6) is 0.601. The zero-order valence-corrected chi connectivity index (χ0v) is 9.49. The van der Waals surface area contributed by atoms with Crippen molar-refractivity contribution in [3.63, 3.8) is 0 Å². The van der Waals surface area contributed by atoms with Crippen molar-refractivity contribution < 1.29 is 9.90 Å². The number of carbonyl (C=O) groups is 1. The first kappa shape index (κ1) is 13.4. The highest BCUT2D eigenvalue weighted by Gasteiger charge is 2.02. The number of rotatable bonds is 7. The van der Waals surface area contributed by atoms with Crippen LogP contribution in [0.15, 0.2) is 11.6 Å². The third-order valence-electron chi connectivity index (χ3n) is 2.35. The monoisotopic (exact) mass is 198 g/mol. The van der Waals surface area contributed by atoms with Gasteiger partial charge in [0.1, 0.15) is 6.29 Å². The minimum absolute atomic E-state index is 0.186. The van der Waals surface area contributed by atoms with E-state index in [1.165, 1.54) is 0 Å². The zero-order chi connectivity index (χ0) is 11.0. The number of allylic oxidation sites excluding steroid dienone is 2. The first-order valence-electron chi connectivity index (χ1n) is 5.36. The molecule has 82 valence electrons. The zero-order valence-electron chi connectivity index (χ0n) is 9.49. The molecule has 0 heterocycles. The maximum absolute atomic E-state index is 10.3. The molecule has 0 bridgehead atoms. The summed E-state index contributed by atoms with van der Waals surface area (Å²) in [7, 11) is 0. The van der Waals surface area contributed by atoms with E-state index < -0.39 is 0 Å². The van der Waals surface area contributed by atoms with Gasteiger partial charge in [0.2, 0.25) is 0 Å². The van der Waals surface area contributed by atoms with Crippen LogP contribution < -0.4 is 0 Å². The van der Waals surface area contributed by atoms with Crippen LogP contribution in [-0.2, 0) is 4.79 Å². The number of carbonyl (C=O) groups excluding carboxylic acids is 1. The smallest absolute Gasteiger partial charge is 0.145 e. The summed E-state index contributed by atoms with van der Waals surface area (Å²) in [5, 5.41) is 9.06. The molecule has 14 heavy (non-hydrogen) atoms. The van der Waals surface area contributed by atoms with Crippen molar-refractivity contribution >= 4 is 6.29 Å². The van der Waals surface area contributed by atoms with Crippen LogP contribution >= 0.6 is 0 Å². The second kappa shape index (κ2) is 7.74. The van der Waals surface area contributed by atoms with E-state index in [2.05, 4.69) is 6.92 Å². The summed E-state index contributed by atoms with van der Waals surface area (Å²) in [4.78, 5) is 10.3. The highest BCUT2D eigenvalue weighted by molar-refractivity contribution is 5.71. The lowest BCUT2D eigenvalue weighted by Crippen LogP contribution is -2.01. The van der Waals surface area contributed by atoms with Gasteiger partial charge in [-0.3, -0.25) is 4.79 Å². The van der Waals surface area contributed by atoms with E-state index >= 15 is 0 Å². The lowest BCUT2D eigenvalue weighted by atomic mass is 9.98. The minimum atomic E-state index is -0.186. The normalized spacial score (nSPS) is 16.4. The Labute approximate surface area is 87.0 Å². The van der Waals surface area contributed by atoms with Gasteiger partial charge < -0.3 is 5.11 Å². The lowest BCUT2D eigenvalue weighted by Gasteiger charge is -2.09. The molecule has 1 N–H and O–H groups in total. The Morgan fingerprint density at radius 1 is 1.36 bits per heavy atom. The molecule has 0 aromatic rings. The van der Waals surface area contributed by atoms with Crippen molar-refractivity contribution in [2.75, 3.05) is 0 Å². The third kappa shape index (κ3) is 7.99. The second-order valence-electron chi connectivity index (χ2n) is 4.19. The SMILES string of the molecule is C/C(C=O)=C\CC(C)CCCC(C)O. The maximum Gasteiger partial charge on any atom is 0.145 e. The van der Waals surface area contributed by atoms with Crippen LogP contribution in [0.3, 0.4) is 0 Å². The molecule has 0 aliphatic carbocycles. The molecule has 0 aliphatic heterocycles. The van der Waals surface area contributed by atoms with Gasteiger partial charge >= 0.3 is 0 Å². The number of aldehydes is 1. The first-order valence-corrected chi connectivity index (χ1v) is 5.36. The van der Waals surface area contributed by atoms with Crippen molar-refractivity contribution in [2.24, 2.45) is 5.92 Å². The summed E-state index contributed by atoms with van der Waals surface area (Å²) in [6, 6.07) is 0. The summed E-state index contributed by atoms with van der Waals surface area (Å²) in [6.07, 6.45) is 6.71. The molecule has 0 aromatic heterocycles. The van der Waals surface area contributed by atoms with Crippen molar-refractivity contribution in [3.8, 4) is 0 Å². The average Bonchev–Trinajstić information content (AvgIpc) is 2.13. The molecule has 0 amide bonds. The van der Waals surface area contributed by atoms with E-state index in [1.54, 1.807) is 0 Å². The van der Waals surface area contributed by atoms with E-state index in [0.29, 0.717) is 5.92 Å². The van der Waals surface area contributed by atoms with Crippen molar-refractivity contribution in [1.29, 1.82) is 0 Å². The summed E-state index contributed by atoms with van der Waals surface area (Å²) >= 11 is 0. The predicted molar refractivity (Wildman–Crippen MR) is 59.1 cm³/mol. The molecule has 0 spiro atoms. The molecule has 0 rings (SSSR count). The highest BCUT2D eigenvalue weighted by Crippen LogP contribution is 2.14. The van der Waals surface area contributed by atoms with Crippen LogP contribution in [0.25, 0.3) is 0 Å².